The summed E-state index contributed by atoms with van der Waals surface area (Å²) in [4.78, 5) is 35.1. The van der Waals surface area contributed by atoms with E-state index in [1.54, 1.807) is 12.1 Å². The van der Waals surface area contributed by atoms with Gasteiger partial charge in [0.15, 0.2) is 0 Å². The minimum atomic E-state index is -0.971. The summed E-state index contributed by atoms with van der Waals surface area (Å²) >= 11 is 0. The van der Waals surface area contributed by atoms with Gasteiger partial charge in [0, 0.05) is 12.0 Å². The number of hydrogen-bond acceptors (Lipinski definition) is 4. The summed E-state index contributed by atoms with van der Waals surface area (Å²) in [7, 11) is 1.22. The number of nitrogens with one attached hydrogen (secondary N) is 1. The molecule has 1 N–H and O–H groups in total. The first-order chi connectivity index (χ1) is 10.5. The lowest BCUT2D eigenvalue weighted by atomic mass is 10.1. The van der Waals surface area contributed by atoms with Gasteiger partial charge in [-0.1, -0.05) is 30.3 Å². The van der Waals surface area contributed by atoms with Crippen LogP contribution >= 0.6 is 0 Å². The van der Waals surface area contributed by atoms with Crippen LogP contribution in [0.15, 0.2) is 42.5 Å². The van der Waals surface area contributed by atoms with Gasteiger partial charge in [0.1, 0.15) is 11.8 Å². The van der Waals surface area contributed by atoms with Crippen LogP contribution in [0.25, 0.3) is 10.8 Å². The molecule has 2 rings (SSSR count). The van der Waals surface area contributed by atoms with Gasteiger partial charge in [0.25, 0.3) is 5.91 Å². The number of ether oxygens (including phenoxy) is 1. The van der Waals surface area contributed by atoms with Gasteiger partial charge < -0.3 is 10.1 Å². The smallest absolute Gasteiger partial charge is 0.328 e. The van der Waals surface area contributed by atoms with Crippen molar-refractivity contribution >= 4 is 28.4 Å². The predicted octanol–water partition coefficient (Wildman–Crippen LogP) is 2.09. The Labute approximate surface area is 128 Å². The number of ketones is 1. The fraction of sp³-hybridized carbons (Fsp3) is 0.235. The minimum Gasteiger partial charge on any atom is -0.467 e. The second-order valence-electron chi connectivity index (χ2n) is 5.02. The number of carbonyl (C=O) groups excluding carboxylic acids is 3. The molecule has 0 fully saturated rings. The van der Waals surface area contributed by atoms with E-state index in [1.165, 1.54) is 14.0 Å². The van der Waals surface area contributed by atoms with E-state index in [1.807, 2.05) is 30.3 Å². The van der Waals surface area contributed by atoms with Crippen molar-refractivity contribution in [2.45, 2.75) is 19.4 Å². The molecule has 1 amide bonds. The summed E-state index contributed by atoms with van der Waals surface area (Å²) in [6.45, 7) is 1.36. The van der Waals surface area contributed by atoms with E-state index >= 15 is 0 Å². The Bertz CT molecular complexity index is 723. The molecule has 0 heterocycles. The second-order valence-corrected chi connectivity index (χ2v) is 5.02. The number of Topliss-reactive ketones (excluding diaryl/α,β-unsaturated/α-hetero) is 1. The number of amides is 1. The molecule has 0 bridgehead atoms. The summed E-state index contributed by atoms with van der Waals surface area (Å²) in [5.41, 5.74) is 0.427. The molecular weight excluding hydrogens is 282 g/mol. The highest BCUT2D eigenvalue weighted by Crippen LogP contribution is 2.15. The van der Waals surface area contributed by atoms with Crippen molar-refractivity contribution in [2.24, 2.45) is 0 Å². The molecule has 2 aromatic rings. The molecule has 1 atom stereocenters. The predicted molar refractivity (Wildman–Crippen MR) is 82.5 cm³/mol. The van der Waals surface area contributed by atoms with Gasteiger partial charge in [0.2, 0.25) is 0 Å². The first-order valence-corrected chi connectivity index (χ1v) is 6.88. The zero-order valence-electron chi connectivity index (χ0n) is 12.5. The molecule has 0 aromatic heterocycles. The van der Waals surface area contributed by atoms with E-state index in [0.29, 0.717) is 5.56 Å². The van der Waals surface area contributed by atoms with Crippen molar-refractivity contribution < 1.29 is 19.1 Å². The summed E-state index contributed by atoms with van der Waals surface area (Å²) < 4.78 is 4.61. The van der Waals surface area contributed by atoms with Crippen LogP contribution < -0.4 is 5.32 Å². The number of hydrogen-bond donors (Lipinski definition) is 1. The molecule has 0 radical (unpaired) electrons. The van der Waals surface area contributed by atoms with Crippen LogP contribution in [-0.2, 0) is 14.3 Å². The molecule has 2 aromatic carbocycles. The lowest BCUT2D eigenvalue weighted by Gasteiger charge is -2.15. The largest absolute Gasteiger partial charge is 0.467 e. The topological polar surface area (TPSA) is 72.5 Å². The molecule has 0 aliphatic rings. The van der Waals surface area contributed by atoms with Crippen molar-refractivity contribution in [3.63, 3.8) is 0 Å². The Morgan fingerprint density at radius 2 is 1.77 bits per heavy atom. The molecule has 5 nitrogen and oxygen atoms in total. The Morgan fingerprint density at radius 3 is 2.41 bits per heavy atom. The third-order valence-corrected chi connectivity index (χ3v) is 3.29. The molecule has 0 spiro atoms. The summed E-state index contributed by atoms with van der Waals surface area (Å²) in [5.74, 6) is -1.25. The standard InChI is InChI=1S/C17H17NO4/c1-11(19)9-15(17(21)22-2)18-16(20)14-8-7-12-5-3-4-6-13(12)10-14/h3-8,10,15H,9H2,1-2H3,(H,18,20)/t15-/m0/s1. The molecule has 22 heavy (non-hydrogen) atoms. The van der Waals surface area contributed by atoms with Gasteiger partial charge in [-0.2, -0.15) is 0 Å². The molecule has 0 aliphatic carbocycles. The van der Waals surface area contributed by atoms with Gasteiger partial charge >= 0.3 is 5.97 Å². The number of benzene rings is 2. The van der Waals surface area contributed by atoms with Crippen LogP contribution in [0.2, 0.25) is 0 Å². The van der Waals surface area contributed by atoms with Gasteiger partial charge in [-0.05, 0) is 29.8 Å². The van der Waals surface area contributed by atoms with Crippen molar-refractivity contribution in [3.05, 3.63) is 48.0 Å². The third-order valence-electron chi connectivity index (χ3n) is 3.29. The first-order valence-electron chi connectivity index (χ1n) is 6.88. The van der Waals surface area contributed by atoms with E-state index in [4.69, 9.17) is 0 Å². The van der Waals surface area contributed by atoms with Gasteiger partial charge in [-0.25, -0.2) is 4.79 Å². The van der Waals surface area contributed by atoms with E-state index in [0.717, 1.165) is 10.8 Å². The zero-order chi connectivity index (χ0) is 16.1. The molecule has 0 unspecified atom stereocenters. The Kier molecular flexibility index (Phi) is 4.88. The number of carbonyl (C=O) groups is 3. The van der Waals surface area contributed by atoms with Crippen molar-refractivity contribution in [1.29, 1.82) is 0 Å². The fourth-order valence-electron chi connectivity index (χ4n) is 2.20. The Hall–Kier alpha value is -2.69. The van der Waals surface area contributed by atoms with Crippen molar-refractivity contribution in [3.8, 4) is 0 Å². The monoisotopic (exact) mass is 299 g/mol. The van der Waals surface area contributed by atoms with E-state index in [2.05, 4.69) is 10.1 Å². The van der Waals surface area contributed by atoms with Crippen LogP contribution in [0, 0.1) is 0 Å². The van der Waals surface area contributed by atoms with Crippen LogP contribution in [0.3, 0.4) is 0 Å². The molecule has 0 saturated heterocycles. The number of esters is 1. The number of fused-ring (bicyclic) bond motifs is 1. The minimum absolute atomic E-state index is 0.0913. The zero-order valence-corrected chi connectivity index (χ0v) is 12.5. The summed E-state index contributed by atoms with van der Waals surface area (Å²) in [6, 6.07) is 11.9. The highest BCUT2D eigenvalue weighted by Gasteiger charge is 2.23. The Balaban J connectivity index is 2.20. The third kappa shape index (κ3) is 3.69. The lowest BCUT2D eigenvalue weighted by Crippen LogP contribution is -2.42. The quantitative estimate of drug-likeness (QED) is 0.858. The number of methoxy groups -OCH3 is 1. The van der Waals surface area contributed by atoms with Crippen LogP contribution in [-0.4, -0.2) is 30.8 Å². The maximum Gasteiger partial charge on any atom is 0.328 e. The lowest BCUT2D eigenvalue weighted by molar-refractivity contribution is -0.144. The van der Waals surface area contributed by atoms with Crippen LogP contribution in [0.5, 0.6) is 0 Å². The molecule has 5 heteroatoms. The van der Waals surface area contributed by atoms with E-state index < -0.39 is 17.9 Å². The number of rotatable bonds is 5. The molecule has 114 valence electrons. The molecular formula is C17H17NO4. The van der Waals surface area contributed by atoms with E-state index in [9.17, 15) is 14.4 Å². The SMILES string of the molecule is COC(=O)[C@H](CC(C)=O)NC(=O)c1ccc2ccccc2c1. The highest BCUT2D eigenvalue weighted by molar-refractivity contribution is 6.00. The van der Waals surface area contributed by atoms with E-state index in [-0.39, 0.29) is 12.2 Å². The summed E-state index contributed by atoms with van der Waals surface area (Å²) in [6.07, 6.45) is -0.0913. The molecule has 0 saturated carbocycles. The average Bonchev–Trinajstić information content (AvgIpc) is 2.52. The fourth-order valence-corrected chi connectivity index (χ4v) is 2.20. The van der Waals surface area contributed by atoms with Gasteiger partial charge in [0.05, 0.1) is 7.11 Å². The van der Waals surface area contributed by atoms with Crippen molar-refractivity contribution in [2.75, 3.05) is 7.11 Å². The Morgan fingerprint density at radius 1 is 1.09 bits per heavy atom. The first kappa shape index (κ1) is 15.7. The highest BCUT2D eigenvalue weighted by atomic mass is 16.5. The molecule has 0 aliphatic heterocycles. The average molecular weight is 299 g/mol. The van der Waals surface area contributed by atoms with Crippen molar-refractivity contribution in [1.82, 2.24) is 5.32 Å². The second kappa shape index (κ2) is 6.85. The van der Waals surface area contributed by atoms with Gasteiger partial charge in [-0.15, -0.1) is 0 Å². The van der Waals surface area contributed by atoms with Crippen LogP contribution in [0.1, 0.15) is 23.7 Å². The normalized spacial score (nSPS) is 11.7. The van der Waals surface area contributed by atoms with Gasteiger partial charge in [-0.3, -0.25) is 9.59 Å². The maximum atomic E-state index is 12.3. The van der Waals surface area contributed by atoms with Crippen LogP contribution in [0.4, 0.5) is 0 Å². The maximum absolute atomic E-state index is 12.3. The summed E-state index contributed by atoms with van der Waals surface area (Å²) in [5, 5.41) is 4.49.